The normalized spacial score (nSPS) is 10.8. The molecule has 5 heteroatoms. The van der Waals surface area contributed by atoms with Crippen molar-refractivity contribution in [1.82, 2.24) is 14.4 Å². The molecule has 0 saturated carbocycles. The van der Waals surface area contributed by atoms with Crippen LogP contribution in [0.2, 0.25) is 0 Å². The van der Waals surface area contributed by atoms with Crippen molar-refractivity contribution in [1.29, 1.82) is 0 Å². The van der Waals surface area contributed by atoms with Crippen molar-refractivity contribution in [2.24, 2.45) is 0 Å². The molecule has 0 aliphatic carbocycles. The summed E-state index contributed by atoms with van der Waals surface area (Å²) >= 11 is 0. The fourth-order valence-electron chi connectivity index (χ4n) is 2.10. The van der Waals surface area contributed by atoms with Gasteiger partial charge in [-0.2, -0.15) is 0 Å². The molecule has 0 radical (unpaired) electrons. The first-order valence-corrected chi connectivity index (χ1v) is 5.79. The molecule has 5 nitrogen and oxygen atoms in total. The highest BCUT2D eigenvalue weighted by atomic mass is 16.4. The molecule has 1 N–H and O–H groups in total. The zero-order valence-electron chi connectivity index (χ0n) is 10.2. The van der Waals surface area contributed by atoms with Gasteiger partial charge in [-0.25, -0.2) is 9.78 Å². The summed E-state index contributed by atoms with van der Waals surface area (Å²) < 4.78 is 1.93. The Bertz CT molecular complexity index is 777. The number of rotatable bonds is 2. The van der Waals surface area contributed by atoms with Crippen molar-refractivity contribution in [3.63, 3.8) is 0 Å². The van der Waals surface area contributed by atoms with E-state index in [1.165, 1.54) is 0 Å². The molecule has 94 valence electrons. The second kappa shape index (κ2) is 4.20. The molecule has 3 aromatic rings. The minimum atomic E-state index is -0.944. The van der Waals surface area contributed by atoms with Gasteiger partial charge in [0.25, 0.3) is 0 Å². The second-order valence-corrected chi connectivity index (χ2v) is 4.23. The molecule has 0 saturated heterocycles. The van der Waals surface area contributed by atoms with E-state index in [0.717, 1.165) is 22.6 Å². The van der Waals surface area contributed by atoms with Crippen LogP contribution < -0.4 is 0 Å². The van der Waals surface area contributed by atoms with E-state index in [2.05, 4.69) is 9.97 Å². The molecule has 0 atom stereocenters. The number of hydrogen-bond acceptors (Lipinski definition) is 3. The van der Waals surface area contributed by atoms with Crippen LogP contribution in [0.25, 0.3) is 16.8 Å². The second-order valence-electron chi connectivity index (χ2n) is 4.23. The zero-order chi connectivity index (χ0) is 13.4. The minimum absolute atomic E-state index is 0.250. The number of aryl methyl sites for hydroxylation is 1. The summed E-state index contributed by atoms with van der Waals surface area (Å²) in [6.45, 7) is 1.90. The van der Waals surface area contributed by atoms with Gasteiger partial charge in [0.15, 0.2) is 0 Å². The molecule has 1 aromatic carbocycles. The standard InChI is InChI=1S/C14H11N3O2/c1-9-16-13(12-8-15-5-6-17(9)12)10-3-2-4-11(7-10)14(18)19/h2-8H,1H3,(H,18,19). The molecule has 19 heavy (non-hydrogen) atoms. The Morgan fingerprint density at radius 3 is 3.00 bits per heavy atom. The quantitative estimate of drug-likeness (QED) is 0.761. The fraction of sp³-hybridized carbons (Fsp3) is 0.0714. The smallest absolute Gasteiger partial charge is 0.335 e. The summed E-state index contributed by atoms with van der Waals surface area (Å²) in [4.78, 5) is 19.6. The average Bonchev–Trinajstić information content (AvgIpc) is 2.77. The van der Waals surface area contributed by atoms with Crippen LogP contribution in [0.1, 0.15) is 16.2 Å². The van der Waals surface area contributed by atoms with Crippen LogP contribution in [0.4, 0.5) is 0 Å². The molecule has 0 aliphatic heterocycles. The third kappa shape index (κ3) is 1.85. The number of nitrogens with zero attached hydrogens (tertiary/aromatic N) is 3. The monoisotopic (exact) mass is 253 g/mol. The van der Waals surface area contributed by atoms with Crippen LogP contribution >= 0.6 is 0 Å². The van der Waals surface area contributed by atoms with Gasteiger partial charge in [0.05, 0.1) is 23.0 Å². The Morgan fingerprint density at radius 1 is 1.37 bits per heavy atom. The third-order valence-electron chi connectivity index (χ3n) is 3.01. The Labute approximate surface area is 109 Å². The van der Waals surface area contributed by atoms with E-state index in [4.69, 9.17) is 5.11 Å². The molecular formula is C14H11N3O2. The predicted molar refractivity (Wildman–Crippen MR) is 70.1 cm³/mol. The lowest BCUT2D eigenvalue weighted by atomic mass is 10.1. The predicted octanol–water partition coefficient (Wildman–Crippen LogP) is 2.40. The highest BCUT2D eigenvalue weighted by Gasteiger charge is 2.12. The number of aromatic nitrogens is 3. The third-order valence-corrected chi connectivity index (χ3v) is 3.01. The van der Waals surface area contributed by atoms with Crippen molar-refractivity contribution in [2.45, 2.75) is 6.92 Å². The SMILES string of the molecule is Cc1nc(-c2cccc(C(=O)O)c2)c2cnccn12. The van der Waals surface area contributed by atoms with Gasteiger partial charge in [0, 0.05) is 18.0 Å². The van der Waals surface area contributed by atoms with Crippen LogP contribution in [0.15, 0.2) is 42.9 Å². The Morgan fingerprint density at radius 2 is 2.21 bits per heavy atom. The molecule has 0 aliphatic rings. The van der Waals surface area contributed by atoms with E-state index < -0.39 is 5.97 Å². The van der Waals surface area contributed by atoms with Gasteiger partial charge < -0.3 is 9.51 Å². The molecule has 0 amide bonds. The molecule has 2 aromatic heterocycles. The maximum atomic E-state index is 11.0. The zero-order valence-corrected chi connectivity index (χ0v) is 10.2. The number of benzene rings is 1. The first-order valence-electron chi connectivity index (χ1n) is 5.79. The number of carboxylic acid groups (broad SMARTS) is 1. The summed E-state index contributed by atoms with van der Waals surface area (Å²) in [7, 11) is 0. The number of carboxylic acids is 1. The van der Waals surface area contributed by atoms with Gasteiger partial charge in [-0.05, 0) is 19.1 Å². The van der Waals surface area contributed by atoms with Crippen LogP contribution in [-0.4, -0.2) is 25.4 Å². The Balaban J connectivity index is 2.25. The Kier molecular flexibility index (Phi) is 2.52. The van der Waals surface area contributed by atoms with Crippen molar-refractivity contribution in [3.8, 4) is 11.3 Å². The van der Waals surface area contributed by atoms with Gasteiger partial charge >= 0.3 is 5.97 Å². The van der Waals surface area contributed by atoms with Crippen LogP contribution in [0.3, 0.4) is 0 Å². The van der Waals surface area contributed by atoms with E-state index in [0.29, 0.717) is 0 Å². The maximum Gasteiger partial charge on any atom is 0.335 e. The van der Waals surface area contributed by atoms with E-state index in [-0.39, 0.29) is 5.56 Å². The lowest BCUT2D eigenvalue weighted by molar-refractivity contribution is 0.0697. The Hall–Kier alpha value is -2.69. The summed E-state index contributed by atoms with van der Waals surface area (Å²) in [5.74, 6) is -0.103. The van der Waals surface area contributed by atoms with Crippen molar-refractivity contribution < 1.29 is 9.90 Å². The first kappa shape index (κ1) is 11.4. The molecule has 2 heterocycles. The summed E-state index contributed by atoms with van der Waals surface area (Å²) in [6.07, 6.45) is 5.25. The highest BCUT2D eigenvalue weighted by molar-refractivity contribution is 5.90. The molecule has 0 spiro atoms. The molecular weight excluding hydrogens is 242 g/mol. The number of fused-ring (bicyclic) bond motifs is 1. The van der Waals surface area contributed by atoms with Crippen LogP contribution in [0, 0.1) is 6.92 Å². The van der Waals surface area contributed by atoms with Crippen molar-refractivity contribution >= 4 is 11.5 Å². The highest BCUT2D eigenvalue weighted by Crippen LogP contribution is 2.24. The average molecular weight is 253 g/mol. The van der Waals surface area contributed by atoms with E-state index in [1.807, 2.05) is 23.6 Å². The lowest BCUT2D eigenvalue weighted by Gasteiger charge is -2.00. The van der Waals surface area contributed by atoms with Gasteiger partial charge in [-0.3, -0.25) is 4.98 Å². The lowest BCUT2D eigenvalue weighted by Crippen LogP contribution is -1.95. The van der Waals surface area contributed by atoms with Crippen LogP contribution in [-0.2, 0) is 0 Å². The summed E-state index contributed by atoms with van der Waals surface area (Å²) in [5, 5.41) is 9.04. The van der Waals surface area contributed by atoms with Crippen molar-refractivity contribution in [2.75, 3.05) is 0 Å². The number of aromatic carboxylic acids is 1. The molecule has 0 fully saturated rings. The van der Waals surface area contributed by atoms with Crippen LogP contribution in [0.5, 0.6) is 0 Å². The number of imidazole rings is 1. The molecule has 3 rings (SSSR count). The number of carbonyl (C=O) groups is 1. The molecule has 0 unspecified atom stereocenters. The van der Waals surface area contributed by atoms with E-state index >= 15 is 0 Å². The van der Waals surface area contributed by atoms with Gasteiger partial charge in [0.1, 0.15) is 5.82 Å². The topological polar surface area (TPSA) is 67.5 Å². The largest absolute Gasteiger partial charge is 0.478 e. The molecule has 0 bridgehead atoms. The van der Waals surface area contributed by atoms with Gasteiger partial charge in [-0.15, -0.1) is 0 Å². The minimum Gasteiger partial charge on any atom is -0.478 e. The van der Waals surface area contributed by atoms with E-state index in [1.54, 1.807) is 30.6 Å². The fourth-order valence-corrected chi connectivity index (χ4v) is 2.10. The van der Waals surface area contributed by atoms with Gasteiger partial charge in [-0.1, -0.05) is 12.1 Å². The summed E-state index contributed by atoms with van der Waals surface area (Å²) in [6, 6.07) is 6.75. The van der Waals surface area contributed by atoms with Gasteiger partial charge in [0.2, 0.25) is 0 Å². The summed E-state index contributed by atoms with van der Waals surface area (Å²) in [5.41, 5.74) is 2.63. The maximum absolute atomic E-state index is 11.0. The first-order chi connectivity index (χ1) is 9.16. The van der Waals surface area contributed by atoms with E-state index in [9.17, 15) is 4.79 Å². The van der Waals surface area contributed by atoms with Crippen molar-refractivity contribution in [3.05, 3.63) is 54.2 Å². The number of hydrogen-bond donors (Lipinski definition) is 1.